The molecule has 1 amide bonds. The Morgan fingerprint density at radius 3 is 2.94 bits per heavy atom. The molecule has 3 aromatic rings. The molecule has 0 bridgehead atoms. The number of piperazine rings is 1. The quantitative estimate of drug-likeness (QED) is 0.617. The standard InChI is InChI=1S/C21H20ClFN6O2/c1-13-11-27(18-9-19(31-2)15(22)8-16(18)23)6-7-28(13)20(30)12-29-21-14(4-3-5-25-21)17(10-24)26-29/h3-5,8-9,13H,6-7,11-12H2,1-2H3. The van der Waals surface area contributed by atoms with E-state index < -0.39 is 5.82 Å². The van der Waals surface area contributed by atoms with Crippen LogP contribution in [0.25, 0.3) is 11.0 Å². The van der Waals surface area contributed by atoms with Crippen LogP contribution in [0.2, 0.25) is 5.02 Å². The number of nitriles is 1. The van der Waals surface area contributed by atoms with Crippen LogP contribution in [-0.2, 0) is 11.3 Å². The number of amides is 1. The Balaban J connectivity index is 1.50. The molecule has 160 valence electrons. The van der Waals surface area contributed by atoms with Crippen LogP contribution in [-0.4, -0.2) is 58.4 Å². The fourth-order valence-corrected chi connectivity index (χ4v) is 4.11. The number of hydrogen-bond acceptors (Lipinski definition) is 6. The predicted octanol–water partition coefficient (Wildman–Crippen LogP) is 2.84. The van der Waals surface area contributed by atoms with Gasteiger partial charge in [0, 0.05) is 37.9 Å². The molecule has 3 heterocycles. The third kappa shape index (κ3) is 3.86. The minimum Gasteiger partial charge on any atom is -0.495 e. The average Bonchev–Trinajstić information content (AvgIpc) is 3.11. The molecule has 4 rings (SSSR count). The van der Waals surface area contributed by atoms with Gasteiger partial charge >= 0.3 is 0 Å². The number of aromatic nitrogens is 3. The van der Waals surface area contributed by atoms with Crippen molar-refractivity contribution in [1.82, 2.24) is 19.7 Å². The summed E-state index contributed by atoms with van der Waals surface area (Å²) in [7, 11) is 1.48. The molecule has 0 N–H and O–H groups in total. The van der Waals surface area contributed by atoms with Gasteiger partial charge in [-0.05, 0) is 25.1 Å². The van der Waals surface area contributed by atoms with Gasteiger partial charge in [-0.3, -0.25) is 4.79 Å². The van der Waals surface area contributed by atoms with E-state index >= 15 is 0 Å². The van der Waals surface area contributed by atoms with Crippen molar-refractivity contribution in [1.29, 1.82) is 5.26 Å². The van der Waals surface area contributed by atoms with Crippen molar-refractivity contribution in [2.24, 2.45) is 0 Å². The minimum atomic E-state index is -0.434. The largest absolute Gasteiger partial charge is 0.495 e. The van der Waals surface area contributed by atoms with E-state index in [0.29, 0.717) is 42.1 Å². The molecule has 1 aliphatic rings. The number of fused-ring (bicyclic) bond motifs is 1. The highest BCUT2D eigenvalue weighted by Crippen LogP contribution is 2.33. The van der Waals surface area contributed by atoms with Crippen molar-refractivity contribution in [2.75, 3.05) is 31.6 Å². The Labute approximate surface area is 183 Å². The number of hydrogen-bond donors (Lipinski definition) is 0. The summed E-state index contributed by atoms with van der Waals surface area (Å²) < 4.78 is 21.2. The highest BCUT2D eigenvalue weighted by Gasteiger charge is 2.30. The molecule has 0 saturated carbocycles. The molecule has 0 radical (unpaired) electrons. The zero-order chi connectivity index (χ0) is 22.1. The van der Waals surface area contributed by atoms with Gasteiger partial charge in [0.15, 0.2) is 11.3 Å². The molecule has 1 fully saturated rings. The lowest BCUT2D eigenvalue weighted by Crippen LogP contribution is -2.55. The number of pyridine rings is 1. The summed E-state index contributed by atoms with van der Waals surface area (Å²) in [5.41, 5.74) is 1.12. The number of nitrogens with zero attached hydrogens (tertiary/aromatic N) is 6. The number of benzene rings is 1. The Morgan fingerprint density at radius 1 is 1.42 bits per heavy atom. The summed E-state index contributed by atoms with van der Waals surface area (Å²) in [6.07, 6.45) is 1.60. The van der Waals surface area contributed by atoms with E-state index in [0.717, 1.165) is 0 Å². The lowest BCUT2D eigenvalue weighted by Gasteiger charge is -2.41. The van der Waals surface area contributed by atoms with Gasteiger partial charge in [-0.25, -0.2) is 14.1 Å². The monoisotopic (exact) mass is 442 g/mol. The predicted molar refractivity (Wildman–Crippen MR) is 114 cm³/mol. The Kier molecular flexibility index (Phi) is 5.65. The van der Waals surface area contributed by atoms with Gasteiger partial charge in [-0.2, -0.15) is 10.4 Å². The van der Waals surface area contributed by atoms with Gasteiger partial charge in [0.25, 0.3) is 0 Å². The van der Waals surface area contributed by atoms with Crippen molar-refractivity contribution in [3.8, 4) is 11.8 Å². The van der Waals surface area contributed by atoms with E-state index in [-0.39, 0.29) is 29.2 Å². The SMILES string of the molecule is COc1cc(N2CCN(C(=O)Cn3nc(C#N)c4cccnc43)C(C)C2)c(F)cc1Cl. The molecular weight excluding hydrogens is 423 g/mol. The van der Waals surface area contributed by atoms with Gasteiger partial charge in [0.05, 0.1) is 23.2 Å². The van der Waals surface area contributed by atoms with E-state index in [1.165, 1.54) is 17.9 Å². The van der Waals surface area contributed by atoms with E-state index in [1.54, 1.807) is 29.3 Å². The van der Waals surface area contributed by atoms with Crippen LogP contribution in [0.1, 0.15) is 12.6 Å². The summed E-state index contributed by atoms with van der Waals surface area (Å²) >= 11 is 5.99. The maximum atomic E-state index is 14.5. The van der Waals surface area contributed by atoms with Crippen LogP contribution < -0.4 is 9.64 Å². The highest BCUT2D eigenvalue weighted by atomic mass is 35.5. The first-order valence-corrected chi connectivity index (χ1v) is 10.1. The summed E-state index contributed by atoms with van der Waals surface area (Å²) in [6, 6.07) is 8.17. The Morgan fingerprint density at radius 2 is 2.23 bits per heavy atom. The molecule has 1 atom stereocenters. The second-order valence-corrected chi connectivity index (χ2v) is 7.72. The summed E-state index contributed by atoms with van der Waals surface area (Å²) in [5, 5.41) is 14.3. The zero-order valence-electron chi connectivity index (χ0n) is 17.0. The van der Waals surface area contributed by atoms with Gasteiger partial charge in [0.2, 0.25) is 5.91 Å². The van der Waals surface area contributed by atoms with E-state index in [9.17, 15) is 14.4 Å². The number of rotatable bonds is 4. The van der Waals surface area contributed by atoms with E-state index in [1.807, 2.05) is 17.9 Å². The van der Waals surface area contributed by atoms with Crippen molar-refractivity contribution in [2.45, 2.75) is 19.5 Å². The zero-order valence-corrected chi connectivity index (χ0v) is 17.8. The van der Waals surface area contributed by atoms with Gasteiger partial charge in [0.1, 0.15) is 24.2 Å². The maximum absolute atomic E-state index is 14.5. The first kappa shape index (κ1) is 20.9. The van der Waals surface area contributed by atoms with Crippen LogP contribution in [0.5, 0.6) is 5.75 Å². The van der Waals surface area contributed by atoms with Crippen LogP contribution in [0.4, 0.5) is 10.1 Å². The lowest BCUT2D eigenvalue weighted by molar-refractivity contribution is -0.134. The first-order valence-electron chi connectivity index (χ1n) is 9.72. The van der Waals surface area contributed by atoms with Gasteiger partial charge in [-0.15, -0.1) is 0 Å². The molecule has 1 aromatic carbocycles. The van der Waals surface area contributed by atoms with Crippen molar-refractivity contribution < 1.29 is 13.9 Å². The lowest BCUT2D eigenvalue weighted by atomic mass is 10.1. The number of carbonyl (C=O) groups excluding carboxylic acids is 1. The van der Waals surface area contributed by atoms with Crippen molar-refractivity contribution in [3.05, 3.63) is 47.0 Å². The molecule has 0 spiro atoms. The highest BCUT2D eigenvalue weighted by molar-refractivity contribution is 6.32. The molecule has 10 heteroatoms. The fraction of sp³-hybridized carbons (Fsp3) is 0.333. The maximum Gasteiger partial charge on any atom is 0.244 e. The van der Waals surface area contributed by atoms with Crippen LogP contribution >= 0.6 is 11.6 Å². The van der Waals surface area contributed by atoms with Crippen molar-refractivity contribution >= 4 is 34.2 Å². The molecule has 1 aliphatic heterocycles. The number of ether oxygens (including phenoxy) is 1. The van der Waals surface area contributed by atoms with E-state index in [2.05, 4.69) is 10.1 Å². The summed E-state index contributed by atoms with van der Waals surface area (Å²) in [4.78, 5) is 20.9. The van der Waals surface area contributed by atoms with Gasteiger partial charge < -0.3 is 14.5 Å². The second kappa shape index (κ2) is 8.40. The molecule has 1 saturated heterocycles. The normalized spacial score (nSPS) is 16.4. The molecule has 1 unspecified atom stereocenters. The second-order valence-electron chi connectivity index (χ2n) is 7.31. The van der Waals surface area contributed by atoms with Crippen molar-refractivity contribution in [3.63, 3.8) is 0 Å². The number of halogens is 2. The van der Waals surface area contributed by atoms with E-state index in [4.69, 9.17) is 16.3 Å². The Bertz CT molecular complexity index is 1190. The van der Waals surface area contributed by atoms with Crippen LogP contribution in [0.3, 0.4) is 0 Å². The van der Waals surface area contributed by atoms with Crippen LogP contribution in [0.15, 0.2) is 30.5 Å². The number of carbonyl (C=O) groups is 1. The number of methoxy groups -OCH3 is 1. The molecular formula is C21H20ClFN6O2. The smallest absolute Gasteiger partial charge is 0.244 e. The summed E-state index contributed by atoms with van der Waals surface area (Å²) in [6.45, 7) is 3.22. The molecule has 31 heavy (non-hydrogen) atoms. The topological polar surface area (TPSA) is 87.3 Å². The Hall–Kier alpha value is -3.38. The first-order chi connectivity index (χ1) is 14.9. The molecule has 2 aromatic heterocycles. The van der Waals surface area contributed by atoms with Crippen LogP contribution in [0, 0.1) is 17.1 Å². The average molecular weight is 443 g/mol. The molecule has 8 nitrogen and oxygen atoms in total. The third-order valence-corrected chi connectivity index (χ3v) is 5.70. The molecule has 0 aliphatic carbocycles. The summed E-state index contributed by atoms with van der Waals surface area (Å²) in [5.74, 6) is -0.174. The number of anilines is 1. The third-order valence-electron chi connectivity index (χ3n) is 5.41. The van der Waals surface area contributed by atoms with Gasteiger partial charge in [-0.1, -0.05) is 11.6 Å². The minimum absolute atomic E-state index is 0.0251. The fourth-order valence-electron chi connectivity index (χ4n) is 3.89.